The molecule has 0 amide bonds. The van der Waals surface area contributed by atoms with Crippen LogP contribution in [0.3, 0.4) is 0 Å². The molecule has 32 heavy (non-hydrogen) atoms. The summed E-state index contributed by atoms with van der Waals surface area (Å²) < 4.78 is 7.82. The number of H-pyrrole nitrogens is 1. The van der Waals surface area contributed by atoms with Gasteiger partial charge >= 0.3 is 0 Å². The van der Waals surface area contributed by atoms with Crippen LogP contribution in [0.5, 0.6) is 0 Å². The molecule has 5 aromatic rings. The van der Waals surface area contributed by atoms with Crippen LogP contribution in [-0.4, -0.2) is 20.3 Å². The fourth-order valence-electron chi connectivity index (χ4n) is 5.36. The van der Waals surface area contributed by atoms with Crippen LogP contribution in [0, 0.1) is 0 Å². The predicted octanol–water partition coefficient (Wildman–Crippen LogP) is 5.53. The summed E-state index contributed by atoms with van der Waals surface area (Å²) in [6.07, 6.45) is 4.87. The highest BCUT2D eigenvalue weighted by Crippen LogP contribution is 2.47. The van der Waals surface area contributed by atoms with Crippen LogP contribution in [0.4, 0.5) is 5.95 Å². The van der Waals surface area contributed by atoms with E-state index in [2.05, 4.69) is 33.1 Å². The molecule has 2 atom stereocenters. The van der Waals surface area contributed by atoms with E-state index in [-0.39, 0.29) is 17.7 Å². The Balaban J connectivity index is 1.48. The number of carbonyl (C=O) groups excluding carboxylic acids is 1. The molecule has 4 heterocycles. The van der Waals surface area contributed by atoms with Gasteiger partial charge in [0.25, 0.3) is 0 Å². The Hall–Kier alpha value is -4.06. The second kappa shape index (κ2) is 6.47. The first-order valence-corrected chi connectivity index (χ1v) is 10.9. The Kier molecular flexibility index (Phi) is 3.56. The SMILES string of the molecule is O=C1C[C@H](c2ccco2)CC2=C1[C@H](c1c[nH]c3ccccc13)n1c(nc3ccccc31)N2. The van der Waals surface area contributed by atoms with Gasteiger partial charge in [-0.25, -0.2) is 4.98 Å². The molecule has 156 valence electrons. The molecule has 7 rings (SSSR count). The van der Waals surface area contributed by atoms with Gasteiger partial charge in [0, 0.05) is 46.3 Å². The molecule has 0 spiro atoms. The van der Waals surface area contributed by atoms with E-state index >= 15 is 0 Å². The lowest BCUT2D eigenvalue weighted by Crippen LogP contribution is -2.33. The first kappa shape index (κ1) is 17.6. The molecule has 0 radical (unpaired) electrons. The minimum Gasteiger partial charge on any atom is -0.469 e. The monoisotopic (exact) mass is 420 g/mol. The van der Waals surface area contributed by atoms with Gasteiger partial charge in [0.05, 0.1) is 23.3 Å². The number of furan rings is 1. The van der Waals surface area contributed by atoms with Crippen molar-refractivity contribution in [1.29, 1.82) is 0 Å². The average Bonchev–Trinajstić information content (AvgIpc) is 3.55. The fourth-order valence-corrected chi connectivity index (χ4v) is 5.36. The third-order valence-corrected chi connectivity index (χ3v) is 6.76. The van der Waals surface area contributed by atoms with E-state index in [0.717, 1.165) is 56.9 Å². The van der Waals surface area contributed by atoms with Gasteiger partial charge < -0.3 is 14.7 Å². The molecular formula is C26H20N4O2. The lowest BCUT2D eigenvalue weighted by molar-refractivity contribution is -0.116. The van der Waals surface area contributed by atoms with Crippen molar-refractivity contribution in [3.05, 3.63) is 95.7 Å². The van der Waals surface area contributed by atoms with Crippen LogP contribution in [0.1, 0.15) is 36.1 Å². The number of rotatable bonds is 2. The van der Waals surface area contributed by atoms with E-state index in [4.69, 9.17) is 9.40 Å². The predicted molar refractivity (Wildman–Crippen MR) is 123 cm³/mol. The summed E-state index contributed by atoms with van der Waals surface area (Å²) in [6.45, 7) is 0. The number of hydrogen-bond acceptors (Lipinski definition) is 4. The van der Waals surface area contributed by atoms with E-state index < -0.39 is 0 Å². The second-order valence-electron chi connectivity index (χ2n) is 8.55. The molecule has 0 bridgehead atoms. The number of nitrogens with zero attached hydrogens (tertiary/aromatic N) is 2. The summed E-state index contributed by atoms with van der Waals surface area (Å²) in [6, 6.07) is 19.9. The molecule has 2 aliphatic rings. The van der Waals surface area contributed by atoms with Crippen molar-refractivity contribution >= 4 is 33.7 Å². The highest BCUT2D eigenvalue weighted by atomic mass is 16.3. The Morgan fingerprint density at radius 2 is 1.88 bits per heavy atom. The Labute approximate surface area is 183 Å². The van der Waals surface area contributed by atoms with E-state index in [0.29, 0.717) is 6.42 Å². The molecular weight excluding hydrogens is 400 g/mol. The van der Waals surface area contributed by atoms with Crippen LogP contribution in [-0.2, 0) is 4.79 Å². The normalized spacial score (nSPS) is 20.4. The molecule has 3 aromatic heterocycles. The zero-order valence-corrected chi connectivity index (χ0v) is 17.2. The minimum absolute atomic E-state index is 0.0308. The summed E-state index contributed by atoms with van der Waals surface area (Å²) >= 11 is 0. The number of benzene rings is 2. The molecule has 0 saturated carbocycles. The van der Waals surface area contributed by atoms with Crippen LogP contribution >= 0.6 is 0 Å². The van der Waals surface area contributed by atoms with Crippen molar-refractivity contribution in [3.8, 4) is 0 Å². The maximum atomic E-state index is 13.7. The van der Waals surface area contributed by atoms with Gasteiger partial charge in [-0.3, -0.25) is 9.36 Å². The molecule has 0 saturated heterocycles. The van der Waals surface area contributed by atoms with Crippen molar-refractivity contribution in [1.82, 2.24) is 14.5 Å². The molecule has 6 nitrogen and oxygen atoms in total. The number of anilines is 1. The van der Waals surface area contributed by atoms with Crippen molar-refractivity contribution in [3.63, 3.8) is 0 Å². The lowest BCUT2D eigenvalue weighted by Gasteiger charge is -2.35. The van der Waals surface area contributed by atoms with Crippen molar-refractivity contribution in [2.45, 2.75) is 24.8 Å². The Morgan fingerprint density at radius 1 is 1.00 bits per heavy atom. The first-order chi connectivity index (χ1) is 15.8. The standard InChI is InChI=1S/C26H20N4O2/c31-22-13-15(23-10-5-11-32-23)12-20-24(22)25(17-14-27-18-7-2-1-6-16(17)18)30-21-9-4-3-8-19(21)28-26(30)29-20/h1-11,14-15,25,27H,12-13H2,(H,28,29)/t15-,25+/m1/s1. The number of hydrogen-bond donors (Lipinski definition) is 2. The number of imidazole rings is 1. The quantitative estimate of drug-likeness (QED) is 0.394. The zero-order chi connectivity index (χ0) is 21.2. The highest BCUT2D eigenvalue weighted by Gasteiger charge is 2.40. The number of Topliss-reactive ketones (excluding diaryl/α,β-unsaturated/α-hetero) is 1. The molecule has 2 aromatic carbocycles. The lowest BCUT2D eigenvalue weighted by atomic mass is 9.79. The van der Waals surface area contributed by atoms with Gasteiger partial charge in [-0.2, -0.15) is 0 Å². The van der Waals surface area contributed by atoms with Crippen molar-refractivity contribution < 1.29 is 9.21 Å². The third kappa shape index (κ3) is 2.40. The number of allylic oxidation sites excluding steroid dienone is 2. The number of nitrogens with one attached hydrogen (secondary N) is 2. The molecule has 6 heteroatoms. The van der Waals surface area contributed by atoms with Gasteiger partial charge in [0.1, 0.15) is 5.76 Å². The minimum atomic E-state index is -0.241. The van der Waals surface area contributed by atoms with E-state index in [1.165, 1.54) is 0 Å². The van der Waals surface area contributed by atoms with Gasteiger partial charge in [-0.1, -0.05) is 30.3 Å². The maximum Gasteiger partial charge on any atom is 0.209 e. The van der Waals surface area contributed by atoms with E-state index in [1.54, 1.807) is 6.26 Å². The van der Waals surface area contributed by atoms with Crippen LogP contribution in [0.15, 0.2) is 88.8 Å². The number of para-hydroxylation sites is 3. The summed E-state index contributed by atoms with van der Waals surface area (Å²) in [5, 5.41) is 4.63. The van der Waals surface area contributed by atoms with E-state index in [9.17, 15) is 4.79 Å². The van der Waals surface area contributed by atoms with Crippen LogP contribution < -0.4 is 5.32 Å². The first-order valence-electron chi connectivity index (χ1n) is 10.9. The second-order valence-corrected chi connectivity index (χ2v) is 8.55. The molecule has 0 unspecified atom stereocenters. The number of aromatic nitrogens is 3. The number of fused-ring (bicyclic) bond motifs is 4. The summed E-state index contributed by atoms with van der Waals surface area (Å²) in [4.78, 5) is 21.9. The Morgan fingerprint density at radius 3 is 2.78 bits per heavy atom. The van der Waals surface area contributed by atoms with Gasteiger partial charge in [-0.05, 0) is 36.8 Å². The molecule has 0 fully saturated rings. The highest BCUT2D eigenvalue weighted by molar-refractivity contribution is 6.02. The Bertz CT molecular complexity index is 1540. The topological polar surface area (TPSA) is 75.8 Å². The van der Waals surface area contributed by atoms with Crippen molar-refractivity contribution in [2.75, 3.05) is 5.32 Å². The number of carbonyl (C=O) groups is 1. The van der Waals surface area contributed by atoms with E-state index in [1.807, 2.05) is 48.7 Å². The summed E-state index contributed by atoms with van der Waals surface area (Å²) in [5.41, 5.74) is 5.84. The summed E-state index contributed by atoms with van der Waals surface area (Å²) in [7, 11) is 0. The van der Waals surface area contributed by atoms with Crippen molar-refractivity contribution in [2.24, 2.45) is 0 Å². The largest absolute Gasteiger partial charge is 0.469 e. The smallest absolute Gasteiger partial charge is 0.209 e. The number of aromatic amines is 1. The maximum absolute atomic E-state index is 13.7. The molecule has 2 N–H and O–H groups in total. The molecule has 1 aliphatic carbocycles. The van der Waals surface area contributed by atoms with Crippen LogP contribution in [0.2, 0.25) is 0 Å². The third-order valence-electron chi connectivity index (χ3n) is 6.76. The van der Waals surface area contributed by atoms with Gasteiger partial charge in [0.2, 0.25) is 5.95 Å². The van der Waals surface area contributed by atoms with Gasteiger partial charge in [-0.15, -0.1) is 0 Å². The fraction of sp³-hybridized carbons (Fsp3) is 0.154. The number of ketones is 1. The average molecular weight is 420 g/mol. The summed E-state index contributed by atoms with van der Waals surface area (Å²) in [5.74, 6) is 1.81. The zero-order valence-electron chi connectivity index (χ0n) is 17.2. The molecule has 1 aliphatic heterocycles. The van der Waals surface area contributed by atoms with Crippen LogP contribution in [0.25, 0.3) is 21.9 Å². The van der Waals surface area contributed by atoms with Gasteiger partial charge in [0.15, 0.2) is 5.78 Å².